The quantitative estimate of drug-likeness (QED) is 0.529. The minimum Gasteiger partial charge on any atom is -0.356 e. The maximum absolute atomic E-state index is 12.9. The van der Waals surface area contributed by atoms with Gasteiger partial charge in [-0.05, 0) is 69.3 Å². The van der Waals surface area contributed by atoms with E-state index in [2.05, 4.69) is 20.6 Å². The molecule has 1 aliphatic rings. The second-order valence-corrected chi connectivity index (χ2v) is 9.09. The van der Waals surface area contributed by atoms with Gasteiger partial charge in [0.15, 0.2) is 0 Å². The number of aryl methyl sites for hydroxylation is 1. The number of carbonyl (C=O) groups is 1. The maximum atomic E-state index is 12.9. The third-order valence-corrected chi connectivity index (χ3v) is 6.63. The molecule has 0 atom stereocenters. The van der Waals surface area contributed by atoms with E-state index in [-0.39, 0.29) is 17.6 Å². The molecule has 0 unspecified atom stereocenters. The number of nitrogens with one attached hydrogen (secondary N) is 1. The Balaban J connectivity index is 1.28. The summed E-state index contributed by atoms with van der Waals surface area (Å²) >= 11 is 3.38. The third-order valence-electron chi connectivity index (χ3n) is 4.71. The van der Waals surface area contributed by atoms with E-state index in [1.807, 2.05) is 6.92 Å². The molecule has 0 aliphatic carbocycles. The summed E-state index contributed by atoms with van der Waals surface area (Å²) in [7, 11) is 0. The lowest BCUT2D eigenvalue weighted by atomic mass is 9.96. The minimum absolute atomic E-state index is 0.128. The van der Waals surface area contributed by atoms with Gasteiger partial charge in [-0.2, -0.15) is 0 Å². The third kappa shape index (κ3) is 6.59. The summed E-state index contributed by atoms with van der Waals surface area (Å²) in [6.07, 6.45) is 2.74. The van der Waals surface area contributed by atoms with Crippen molar-refractivity contribution >= 4 is 29.0 Å². The number of nitrogens with zero attached hydrogens (tertiary/aromatic N) is 2. The number of likely N-dealkylation sites (tertiary alicyclic amines) is 1. The van der Waals surface area contributed by atoms with Crippen LogP contribution in [0.15, 0.2) is 34.5 Å². The van der Waals surface area contributed by atoms with Crippen LogP contribution in [0.3, 0.4) is 0 Å². The van der Waals surface area contributed by atoms with Crippen LogP contribution in [0.25, 0.3) is 0 Å². The molecule has 146 valence electrons. The number of hydrogen-bond acceptors (Lipinski definition) is 5. The smallest absolute Gasteiger partial charge is 0.223 e. The normalized spacial score (nSPS) is 15.8. The lowest BCUT2D eigenvalue weighted by Crippen LogP contribution is -2.40. The lowest BCUT2D eigenvalue weighted by Gasteiger charge is -2.30. The molecular weight excluding hydrogens is 381 g/mol. The van der Waals surface area contributed by atoms with Crippen molar-refractivity contribution in [2.24, 2.45) is 5.92 Å². The standard InChI is InChI=1S/C20H26FN3OS2/c1-15-23-18(14-27-15)13-24-10-7-16(8-11-24)20(25)22-9-2-12-26-19-5-3-17(21)4-6-19/h3-6,14,16H,2,7-13H2,1H3,(H,22,25). The average Bonchev–Trinajstić information content (AvgIpc) is 3.08. The van der Waals surface area contributed by atoms with E-state index in [9.17, 15) is 9.18 Å². The van der Waals surface area contributed by atoms with Gasteiger partial charge in [-0.1, -0.05) is 0 Å². The van der Waals surface area contributed by atoms with Crippen molar-refractivity contribution in [3.63, 3.8) is 0 Å². The van der Waals surface area contributed by atoms with Gasteiger partial charge in [0.05, 0.1) is 10.7 Å². The average molecular weight is 408 g/mol. The first-order chi connectivity index (χ1) is 13.1. The largest absolute Gasteiger partial charge is 0.356 e. The zero-order valence-electron chi connectivity index (χ0n) is 15.6. The molecular formula is C20H26FN3OS2. The van der Waals surface area contributed by atoms with Crippen molar-refractivity contribution in [3.05, 3.63) is 46.2 Å². The minimum atomic E-state index is -0.209. The number of aromatic nitrogens is 1. The Morgan fingerprint density at radius 2 is 2.07 bits per heavy atom. The van der Waals surface area contributed by atoms with Crippen LogP contribution >= 0.6 is 23.1 Å². The summed E-state index contributed by atoms with van der Waals surface area (Å²) in [5.41, 5.74) is 1.14. The fourth-order valence-electron chi connectivity index (χ4n) is 3.21. The van der Waals surface area contributed by atoms with Gasteiger partial charge >= 0.3 is 0 Å². The molecule has 1 N–H and O–H groups in total. The summed E-state index contributed by atoms with van der Waals surface area (Å²) in [6.45, 7) is 5.53. The molecule has 1 aliphatic heterocycles. The SMILES string of the molecule is Cc1nc(CN2CCC(C(=O)NCCCSc3ccc(F)cc3)CC2)cs1. The Morgan fingerprint density at radius 1 is 1.33 bits per heavy atom. The highest BCUT2D eigenvalue weighted by Crippen LogP contribution is 2.21. The van der Waals surface area contributed by atoms with Crippen molar-refractivity contribution in [2.45, 2.75) is 37.6 Å². The van der Waals surface area contributed by atoms with Crippen LogP contribution in [-0.2, 0) is 11.3 Å². The van der Waals surface area contributed by atoms with Crippen LogP contribution in [0, 0.1) is 18.7 Å². The van der Waals surface area contributed by atoms with Crippen molar-refractivity contribution in [2.75, 3.05) is 25.4 Å². The van der Waals surface area contributed by atoms with E-state index in [4.69, 9.17) is 0 Å². The van der Waals surface area contributed by atoms with E-state index in [1.165, 1.54) is 12.1 Å². The van der Waals surface area contributed by atoms with Gasteiger partial charge in [-0.15, -0.1) is 23.1 Å². The first kappa shape index (κ1) is 20.3. The van der Waals surface area contributed by atoms with Crippen LogP contribution < -0.4 is 5.32 Å². The molecule has 1 aromatic carbocycles. The van der Waals surface area contributed by atoms with E-state index in [0.29, 0.717) is 6.54 Å². The van der Waals surface area contributed by atoms with E-state index < -0.39 is 0 Å². The Kier molecular flexibility index (Phi) is 7.67. The van der Waals surface area contributed by atoms with Crippen LogP contribution in [0.4, 0.5) is 4.39 Å². The van der Waals surface area contributed by atoms with Gasteiger partial charge in [0, 0.05) is 29.3 Å². The summed E-state index contributed by atoms with van der Waals surface area (Å²) < 4.78 is 12.9. The monoisotopic (exact) mass is 407 g/mol. The lowest BCUT2D eigenvalue weighted by molar-refractivity contribution is -0.126. The molecule has 27 heavy (non-hydrogen) atoms. The fourth-order valence-corrected chi connectivity index (χ4v) is 4.67. The highest BCUT2D eigenvalue weighted by molar-refractivity contribution is 7.99. The fraction of sp³-hybridized carbons (Fsp3) is 0.500. The molecule has 1 saturated heterocycles. The number of amides is 1. The van der Waals surface area contributed by atoms with Crippen LogP contribution in [0.1, 0.15) is 30.0 Å². The summed E-state index contributed by atoms with van der Waals surface area (Å²) in [6, 6.07) is 6.54. The van der Waals surface area contributed by atoms with Gasteiger partial charge < -0.3 is 5.32 Å². The van der Waals surface area contributed by atoms with Crippen molar-refractivity contribution < 1.29 is 9.18 Å². The summed E-state index contributed by atoms with van der Waals surface area (Å²) in [5, 5.41) is 6.31. The molecule has 0 spiro atoms. The van der Waals surface area contributed by atoms with Crippen molar-refractivity contribution in [1.29, 1.82) is 0 Å². The number of piperidine rings is 1. The molecule has 1 aromatic heterocycles. The van der Waals surface area contributed by atoms with Crippen LogP contribution in [0.2, 0.25) is 0 Å². The molecule has 2 aromatic rings. The highest BCUT2D eigenvalue weighted by Gasteiger charge is 2.24. The van der Waals surface area contributed by atoms with E-state index >= 15 is 0 Å². The highest BCUT2D eigenvalue weighted by atomic mass is 32.2. The molecule has 4 nitrogen and oxygen atoms in total. The topological polar surface area (TPSA) is 45.2 Å². The van der Waals surface area contributed by atoms with Crippen molar-refractivity contribution in [3.8, 4) is 0 Å². The zero-order valence-corrected chi connectivity index (χ0v) is 17.3. The first-order valence-corrected chi connectivity index (χ1v) is 11.3. The molecule has 0 saturated carbocycles. The summed E-state index contributed by atoms with van der Waals surface area (Å²) in [5.74, 6) is 1.02. The number of thioether (sulfide) groups is 1. The van der Waals surface area contributed by atoms with E-state index in [1.54, 1.807) is 35.2 Å². The molecule has 3 rings (SSSR count). The van der Waals surface area contributed by atoms with Crippen molar-refractivity contribution in [1.82, 2.24) is 15.2 Å². The molecule has 1 fully saturated rings. The Hall–Kier alpha value is -1.44. The van der Waals surface area contributed by atoms with Gasteiger partial charge in [0.1, 0.15) is 5.82 Å². The molecule has 2 heterocycles. The van der Waals surface area contributed by atoms with E-state index in [0.717, 1.165) is 60.2 Å². The van der Waals surface area contributed by atoms with Gasteiger partial charge in [0.2, 0.25) is 5.91 Å². The number of rotatable bonds is 8. The predicted molar refractivity (Wildman–Crippen MR) is 110 cm³/mol. The first-order valence-electron chi connectivity index (χ1n) is 9.39. The Labute approximate surface area is 168 Å². The number of halogens is 1. The maximum Gasteiger partial charge on any atom is 0.223 e. The molecule has 1 amide bonds. The summed E-state index contributed by atoms with van der Waals surface area (Å²) in [4.78, 5) is 20.3. The second-order valence-electron chi connectivity index (χ2n) is 6.86. The van der Waals surface area contributed by atoms with Crippen LogP contribution in [-0.4, -0.2) is 41.2 Å². The number of thiazole rings is 1. The Bertz CT molecular complexity index is 727. The van der Waals surface area contributed by atoms with Crippen LogP contribution in [0.5, 0.6) is 0 Å². The molecule has 7 heteroatoms. The Morgan fingerprint density at radius 3 is 2.74 bits per heavy atom. The van der Waals surface area contributed by atoms with Gasteiger partial charge in [-0.25, -0.2) is 9.37 Å². The molecule has 0 radical (unpaired) electrons. The molecule has 0 bridgehead atoms. The predicted octanol–water partition coefficient (Wildman–Crippen LogP) is 4.10. The van der Waals surface area contributed by atoms with Gasteiger partial charge in [0.25, 0.3) is 0 Å². The number of benzene rings is 1. The number of hydrogen-bond donors (Lipinski definition) is 1. The zero-order chi connectivity index (χ0) is 19.1. The van der Waals surface area contributed by atoms with Gasteiger partial charge in [-0.3, -0.25) is 9.69 Å². The second kappa shape index (κ2) is 10.2. The number of carbonyl (C=O) groups excluding carboxylic acids is 1.